The topological polar surface area (TPSA) is 83.7 Å². The Morgan fingerprint density at radius 1 is 0.923 bits per heavy atom. The number of carbonyl (C=O) groups excluding carboxylic acids is 1. The largest absolute Gasteiger partial charge is 0.497 e. The van der Waals surface area contributed by atoms with Crippen molar-refractivity contribution >= 4 is 5.97 Å². The van der Waals surface area contributed by atoms with Crippen molar-refractivity contribution in [3.8, 4) is 23.0 Å². The second kappa shape index (κ2) is 7.69. The van der Waals surface area contributed by atoms with Crippen LogP contribution in [-0.2, 0) is 4.74 Å². The van der Waals surface area contributed by atoms with Crippen LogP contribution in [0.2, 0.25) is 0 Å². The number of ether oxygens (including phenoxy) is 3. The second-order valence-electron chi connectivity index (χ2n) is 5.45. The Labute approximate surface area is 150 Å². The average Bonchev–Trinajstić information content (AvgIpc) is 3.18. The predicted molar refractivity (Wildman–Crippen MR) is 93.1 cm³/mol. The Morgan fingerprint density at radius 2 is 1.50 bits per heavy atom. The Kier molecular flexibility index (Phi) is 5.17. The first-order valence-corrected chi connectivity index (χ1v) is 7.93. The van der Waals surface area contributed by atoms with Gasteiger partial charge in [0.25, 0.3) is 5.89 Å². The third kappa shape index (κ3) is 3.83. The zero-order chi connectivity index (χ0) is 18.5. The van der Waals surface area contributed by atoms with Crippen molar-refractivity contribution in [2.24, 2.45) is 0 Å². The highest BCUT2D eigenvalue weighted by atomic mass is 16.6. The number of benzene rings is 2. The SMILES string of the molecule is COc1ccc(C(=O)O[C@@H](C)c2nnc(-c3ccc(OC)cc3)o2)cc1. The molecule has 0 N–H and O–H groups in total. The minimum absolute atomic E-state index is 0.220. The van der Waals surface area contributed by atoms with Crippen LogP contribution < -0.4 is 9.47 Å². The van der Waals surface area contributed by atoms with Gasteiger partial charge in [-0.25, -0.2) is 4.79 Å². The van der Waals surface area contributed by atoms with E-state index in [0.717, 1.165) is 11.3 Å². The van der Waals surface area contributed by atoms with Crippen LogP contribution in [0.4, 0.5) is 0 Å². The van der Waals surface area contributed by atoms with Gasteiger partial charge in [-0.2, -0.15) is 0 Å². The van der Waals surface area contributed by atoms with Crippen LogP contribution in [-0.4, -0.2) is 30.4 Å². The van der Waals surface area contributed by atoms with E-state index in [4.69, 9.17) is 18.6 Å². The summed E-state index contributed by atoms with van der Waals surface area (Å²) in [5.41, 5.74) is 1.16. The van der Waals surface area contributed by atoms with Gasteiger partial charge in [0, 0.05) is 5.56 Å². The van der Waals surface area contributed by atoms with Gasteiger partial charge < -0.3 is 18.6 Å². The predicted octanol–water partition coefficient (Wildman–Crippen LogP) is 3.67. The van der Waals surface area contributed by atoms with E-state index in [1.807, 2.05) is 12.1 Å². The molecule has 26 heavy (non-hydrogen) atoms. The lowest BCUT2D eigenvalue weighted by Crippen LogP contribution is -2.09. The van der Waals surface area contributed by atoms with Gasteiger partial charge in [-0.15, -0.1) is 10.2 Å². The van der Waals surface area contributed by atoms with E-state index in [0.29, 0.717) is 17.2 Å². The third-order valence-electron chi connectivity index (χ3n) is 3.73. The summed E-state index contributed by atoms with van der Waals surface area (Å²) < 4.78 is 21.2. The molecular formula is C19H18N2O5. The molecule has 134 valence electrons. The van der Waals surface area contributed by atoms with Crippen LogP contribution in [0.3, 0.4) is 0 Å². The summed E-state index contributed by atoms with van der Waals surface area (Å²) in [6.45, 7) is 1.67. The lowest BCUT2D eigenvalue weighted by atomic mass is 10.2. The highest BCUT2D eigenvalue weighted by Gasteiger charge is 2.20. The molecule has 0 saturated carbocycles. The van der Waals surface area contributed by atoms with Crippen molar-refractivity contribution in [3.63, 3.8) is 0 Å². The summed E-state index contributed by atoms with van der Waals surface area (Å²) >= 11 is 0. The summed E-state index contributed by atoms with van der Waals surface area (Å²) in [7, 11) is 3.16. The summed E-state index contributed by atoms with van der Waals surface area (Å²) in [6, 6.07) is 13.9. The number of aromatic nitrogens is 2. The van der Waals surface area contributed by atoms with Gasteiger partial charge in [-0.05, 0) is 55.5 Å². The third-order valence-corrected chi connectivity index (χ3v) is 3.73. The molecule has 0 aliphatic heterocycles. The molecule has 7 nitrogen and oxygen atoms in total. The Hall–Kier alpha value is -3.35. The Bertz CT molecular complexity index is 872. The van der Waals surface area contributed by atoms with Crippen LogP contribution in [0.25, 0.3) is 11.5 Å². The minimum Gasteiger partial charge on any atom is -0.497 e. The van der Waals surface area contributed by atoms with Crippen molar-refractivity contribution in [2.45, 2.75) is 13.0 Å². The molecule has 0 radical (unpaired) electrons. The normalized spacial score (nSPS) is 11.7. The number of carbonyl (C=O) groups is 1. The first kappa shape index (κ1) is 17.5. The van der Waals surface area contributed by atoms with Crippen LogP contribution in [0, 0.1) is 0 Å². The number of rotatable bonds is 6. The fourth-order valence-electron chi connectivity index (χ4n) is 2.26. The second-order valence-corrected chi connectivity index (χ2v) is 5.45. The van der Waals surface area contributed by atoms with E-state index in [-0.39, 0.29) is 5.89 Å². The minimum atomic E-state index is -0.677. The highest BCUT2D eigenvalue weighted by molar-refractivity contribution is 5.89. The summed E-state index contributed by atoms with van der Waals surface area (Å²) in [5, 5.41) is 7.96. The Balaban J connectivity index is 1.68. The van der Waals surface area contributed by atoms with Crippen molar-refractivity contribution in [1.29, 1.82) is 0 Å². The van der Waals surface area contributed by atoms with Gasteiger partial charge in [0.15, 0.2) is 6.10 Å². The molecule has 0 amide bonds. The lowest BCUT2D eigenvalue weighted by Gasteiger charge is -2.09. The van der Waals surface area contributed by atoms with E-state index < -0.39 is 12.1 Å². The molecule has 7 heteroatoms. The van der Waals surface area contributed by atoms with Gasteiger partial charge in [-0.1, -0.05) is 0 Å². The lowest BCUT2D eigenvalue weighted by molar-refractivity contribution is 0.0280. The molecule has 1 aromatic heterocycles. The van der Waals surface area contributed by atoms with E-state index in [1.165, 1.54) is 0 Å². The zero-order valence-electron chi connectivity index (χ0n) is 14.6. The maximum absolute atomic E-state index is 12.2. The molecule has 0 aliphatic rings. The first-order valence-electron chi connectivity index (χ1n) is 7.93. The number of nitrogens with zero attached hydrogens (tertiary/aromatic N) is 2. The van der Waals surface area contributed by atoms with Crippen molar-refractivity contribution < 1.29 is 23.4 Å². The van der Waals surface area contributed by atoms with E-state index in [2.05, 4.69) is 10.2 Å². The summed E-state index contributed by atoms with van der Waals surface area (Å²) in [5.74, 6) is 1.47. The van der Waals surface area contributed by atoms with E-state index in [9.17, 15) is 4.79 Å². The van der Waals surface area contributed by atoms with E-state index >= 15 is 0 Å². The Morgan fingerprint density at radius 3 is 2.08 bits per heavy atom. The van der Waals surface area contributed by atoms with Crippen LogP contribution in [0.1, 0.15) is 29.3 Å². The van der Waals surface area contributed by atoms with Crippen LogP contribution in [0.5, 0.6) is 11.5 Å². The smallest absolute Gasteiger partial charge is 0.338 e. The van der Waals surface area contributed by atoms with Gasteiger partial charge in [0.2, 0.25) is 5.89 Å². The maximum Gasteiger partial charge on any atom is 0.338 e. The van der Waals surface area contributed by atoms with Crippen molar-refractivity contribution in [1.82, 2.24) is 10.2 Å². The monoisotopic (exact) mass is 354 g/mol. The fourth-order valence-corrected chi connectivity index (χ4v) is 2.26. The maximum atomic E-state index is 12.2. The molecule has 3 rings (SSSR count). The number of methoxy groups -OCH3 is 2. The number of esters is 1. The molecule has 0 spiro atoms. The molecule has 2 aromatic carbocycles. The molecule has 1 heterocycles. The molecule has 0 bridgehead atoms. The molecule has 1 atom stereocenters. The van der Waals surface area contributed by atoms with Crippen LogP contribution >= 0.6 is 0 Å². The molecule has 0 fully saturated rings. The van der Waals surface area contributed by atoms with Gasteiger partial charge >= 0.3 is 5.97 Å². The summed E-state index contributed by atoms with van der Waals surface area (Å²) in [6.07, 6.45) is -0.677. The first-order chi connectivity index (χ1) is 12.6. The summed E-state index contributed by atoms with van der Waals surface area (Å²) in [4.78, 5) is 12.2. The standard InChI is InChI=1S/C19H18N2O5/c1-12(25-19(22)14-6-10-16(24-3)11-7-14)17-20-21-18(26-17)13-4-8-15(23-2)9-5-13/h4-12H,1-3H3/t12-/m0/s1. The molecule has 0 unspecified atom stereocenters. The van der Waals surface area contributed by atoms with Gasteiger partial charge in [0.1, 0.15) is 11.5 Å². The number of hydrogen-bond donors (Lipinski definition) is 0. The quantitative estimate of drug-likeness (QED) is 0.624. The van der Waals surface area contributed by atoms with Crippen LogP contribution in [0.15, 0.2) is 52.9 Å². The highest BCUT2D eigenvalue weighted by Crippen LogP contribution is 2.25. The van der Waals surface area contributed by atoms with Gasteiger partial charge in [-0.3, -0.25) is 0 Å². The van der Waals surface area contributed by atoms with Crippen molar-refractivity contribution in [2.75, 3.05) is 14.2 Å². The average molecular weight is 354 g/mol. The molecule has 0 saturated heterocycles. The van der Waals surface area contributed by atoms with E-state index in [1.54, 1.807) is 57.5 Å². The molecular weight excluding hydrogens is 336 g/mol. The number of hydrogen-bond acceptors (Lipinski definition) is 7. The molecule has 0 aliphatic carbocycles. The van der Waals surface area contributed by atoms with Crippen molar-refractivity contribution in [3.05, 3.63) is 60.0 Å². The zero-order valence-corrected chi connectivity index (χ0v) is 14.6. The fraction of sp³-hybridized carbons (Fsp3) is 0.211. The molecule has 3 aromatic rings. The van der Waals surface area contributed by atoms with Gasteiger partial charge in [0.05, 0.1) is 19.8 Å².